The van der Waals surface area contributed by atoms with E-state index in [0.717, 1.165) is 12.8 Å². The molecule has 1 fully saturated rings. The quantitative estimate of drug-likeness (QED) is 0.654. The van der Waals surface area contributed by atoms with E-state index in [9.17, 15) is 4.79 Å². The highest BCUT2D eigenvalue weighted by Crippen LogP contribution is 2.23. The predicted octanol–water partition coefficient (Wildman–Crippen LogP) is 1.60. The normalized spacial score (nSPS) is 19.0. The van der Waals surface area contributed by atoms with Crippen LogP contribution in [0.5, 0.6) is 0 Å². The van der Waals surface area contributed by atoms with Crippen molar-refractivity contribution in [3.8, 4) is 0 Å². The third-order valence-electron chi connectivity index (χ3n) is 2.46. The Morgan fingerprint density at radius 1 is 1.23 bits per heavy atom. The van der Waals surface area contributed by atoms with Gasteiger partial charge in [0.05, 0.1) is 0 Å². The molecule has 0 bridgehead atoms. The maximum atomic E-state index is 11.5. The summed E-state index contributed by atoms with van der Waals surface area (Å²) in [6.07, 6.45) is 5.83. The zero-order chi connectivity index (χ0) is 9.68. The van der Waals surface area contributed by atoms with Crippen LogP contribution < -0.4 is 10.9 Å². The Kier molecular flexibility index (Phi) is 4.22. The molecule has 0 atom stereocenters. The number of carbonyl (C=O) groups excluding carboxylic acids is 1. The van der Waals surface area contributed by atoms with Crippen molar-refractivity contribution < 1.29 is 4.79 Å². The van der Waals surface area contributed by atoms with E-state index < -0.39 is 0 Å². The molecule has 0 spiro atoms. The Bertz CT molecular complexity index is 162. The van der Waals surface area contributed by atoms with Crippen molar-refractivity contribution >= 4 is 5.91 Å². The standard InChI is InChI=1S/C10H20N2O/c1-8(2)11-12-10(13)9-6-4-3-5-7-9/h8-9,11H,3-7H2,1-2H3,(H,12,13). The second-order valence-electron chi connectivity index (χ2n) is 4.12. The topological polar surface area (TPSA) is 41.1 Å². The molecule has 1 amide bonds. The van der Waals surface area contributed by atoms with Gasteiger partial charge in [-0.25, -0.2) is 5.43 Å². The minimum Gasteiger partial charge on any atom is -0.291 e. The zero-order valence-corrected chi connectivity index (χ0v) is 8.60. The van der Waals surface area contributed by atoms with Gasteiger partial charge >= 0.3 is 0 Å². The molecule has 0 aromatic rings. The number of nitrogens with one attached hydrogen (secondary N) is 2. The molecule has 1 saturated carbocycles. The molecule has 2 N–H and O–H groups in total. The van der Waals surface area contributed by atoms with E-state index in [4.69, 9.17) is 0 Å². The van der Waals surface area contributed by atoms with Crippen molar-refractivity contribution in [1.82, 2.24) is 10.9 Å². The number of carbonyl (C=O) groups is 1. The van der Waals surface area contributed by atoms with Crippen molar-refractivity contribution in [2.24, 2.45) is 5.92 Å². The minimum absolute atomic E-state index is 0.174. The van der Waals surface area contributed by atoms with E-state index in [1.54, 1.807) is 0 Å². The summed E-state index contributed by atoms with van der Waals surface area (Å²) in [4.78, 5) is 11.5. The summed E-state index contributed by atoms with van der Waals surface area (Å²) in [5.74, 6) is 0.424. The van der Waals surface area contributed by atoms with Gasteiger partial charge in [-0.2, -0.15) is 0 Å². The lowest BCUT2D eigenvalue weighted by atomic mass is 9.89. The molecule has 1 aliphatic carbocycles. The smallest absolute Gasteiger partial charge is 0.237 e. The number of amides is 1. The first-order chi connectivity index (χ1) is 6.20. The zero-order valence-electron chi connectivity index (χ0n) is 8.60. The van der Waals surface area contributed by atoms with Crippen LogP contribution in [0.3, 0.4) is 0 Å². The second-order valence-corrected chi connectivity index (χ2v) is 4.12. The van der Waals surface area contributed by atoms with Gasteiger partial charge in [-0.3, -0.25) is 10.2 Å². The van der Waals surface area contributed by atoms with Crippen LogP contribution in [0.15, 0.2) is 0 Å². The second kappa shape index (κ2) is 5.22. The fraction of sp³-hybridized carbons (Fsp3) is 0.900. The molecule has 0 unspecified atom stereocenters. The fourth-order valence-corrected chi connectivity index (χ4v) is 1.68. The molecule has 0 aromatic heterocycles. The molecule has 13 heavy (non-hydrogen) atoms. The van der Waals surface area contributed by atoms with Gasteiger partial charge in [-0.15, -0.1) is 0 Å². The summed E-state index contributed by atoms with van der Waals surface area (Å²) < 4.78 is 0. The van der Waals surface area contributed by atoms with Gasteiger partial charge in [0.15, 0.2) is 0 Å². The van der Waals surface area contributed by atoms with Crippen LogP contribution in [0.2, 0.25) is 0 Å². The van der Waals surface area contributed by atoms with Gasteiger partial charge in [-0.05, 0) is 26.7 Å². The lowest BCUT2D eigenvalue weighted by molar-refractivity contribution is -0.127. The molecule has 0 radical (unpaired) electrons. The van der Waals surface area contributed by atoms with E-state index in [2.05, 4.69) is 10.9 Å². The maximum absolute atomic E-state index is 11.5. The van der Waals surface area contributed by atoms with Crippen LogP contribution in [-0.4, -0.2) is 11.9 Å². The molecule has 1 aliphatic rings. The van der Waals surface area contributed by atoms with Crippen LogP contribution >= 0.6 is 0 Å². The van der Waals surface area contributed by atoms with Crippen LogP contribution in [0.4, 0.5) is 0 Å². The number of hydrogen-bond acceptors (Lipinski definition) is 2. The Morgan fingerprint density at radius 2 is 1.85 bits per heavy atom. The molecule has 0 heterocycles. The Morgan fingerprint density at radius 3 is 2.38 bits per heavy atom. The largest absolute Gasteiger partial charge is 0.291 e. The molecule has 76 valence electrons. The molecule has 1 rings (SSSR count). The van der Waals surface area contributed by atoms with Gasteiger partial charge in [0.2, 0.25) is 5.91 Å². The minimum atomic E-state index is 0.174. The molecule has 3 heteroatoms. The third-order valence-corrected chi connectivity index (χ3v) is 2.46. The van der Waals surface area contributed by atoms with Gasteiger partial charge in [0, 0.05) is 12.0 Å². The summed E-state index contributed by atoms with van der Waals surface area (Å²) in [5, 5.41) is 0. The fourth-order valence-electron chi connectivity index (χ4n) is 1.68. The van der Waals surface area contributed by atoms with Crippen LogP contribution in [0.25, 0.3) is 0 Å². The van der Waals surface area contributed by atoms with E-state index in [1.807, 2.05) is 13.8 Å². The van der Waals surface area contributed by atoms with Gasteiger partial charge in [0.25, 0.3) is 0 Å². The van der Waals surface area contributed by atoms with Crippen molar-refractivity contribution in [1.29, 1.82) is 0 Å². The van der Waals surface area contributed by atoms with Crippen LogP contribution in [0.1, 0.15) is 46.0 Å². The first-order valence-electron chi connectivity index (χ1n) is 5.25. The Labute approximate surface area is 80.2 Å². The van der Waals surface area contributed by atoms with Crippen molar-refractivity contribution in [2.75, 3.05) is 0 Å². The molecular formula is C10H20N2O. The van der Waals surface area contributed by atoms with Crippen LogP contribution in [-0.2, 0) is 4.79 Å². The summed E-state index contributed by atoms with van der Waals surface area (Å²) in [7, 11) is 0. The highest BCUT2D eigenvalue weighted by atomic mass is 16.2. The first-order valence-corrected chi connectivity index (χ1v) is 5.25. The highest BCUT2D eigenvalue weighted by Gasteiger charge is 2.20. The highest BCUT2D eigenvalue weighted by molar-refractivity contribution is 5.78. The van der Waals surface area contributed by atoms with Crippen LogP contribution in [0, 0.1) is 5.92 Å². The molecular weight excluding hydrogens is 164 g/mol. The van der Waals surface area contributed by atoms with E-state index in [1.165, 1.54) is 19.3 Å². The number of hydrazine groups is 1. The van der Waals surface area contributed by atoms with E-state index in [-0.39, 0.29) is 11.8 Å². The Hall–Kier alpha value is -0.570. The van der Waals surface area contributed by atoms with Gasteiger partial charge in [0.1, 0.15) is 0 Å². The van der Waals surface area contributed by atoms with Gasteiger partial charge < -0.3 is 0 Å². The monoisotopic (exact) mass is 184 g/mol. The predicted molar refractivity (Wildman–Crippen MR) is 53.0 cm³/mol. The average Bonchev–Trinajstić information content (AvgIpc) is 2.15. The number of rotatable bonds is 3. The lowest BCUT2D eigenvalue weighted by Gasteiger charge is -2.21. The third kappa shape index (κ3) is 3.77. The summed E-state index contributed by atoms with van der Waals surface area (Å²) >= 11 is 0. The molecule has 0 aromatic carbocycles. The summed E-state index contributed by atoms with van der Waals surface area (Å²) in [6, 6.07) is 0.313. The number of hydrogen-bond donors (Lipinski definition) is 2. The van der Waals surface area contributed by atoms with E-state index in [0.29, 0.717) is 6.04 Å². The van der Waals surface area contributed by atoms with Crippen molar-refractivity contribution in [3.63, 3.8) is 0 Å². The van der Waals surface area contributed by atoms with Gasteiger partial charge in [-0.1, -0.05) is 19.3 Å². The maximum Gasteiger partial charge on any atom is 0.237 e. The van der Waals surface area contributed by atoms with Crippen molar-refractivity contribution in [3.05, 3.63) is 0 Å². The average molecular weight is 184 g/mol. The van der Waals surface area contributed by atoms with E-state index >= 15 is 0 Å². The first kappa shape index (κ1) is 10.5. The SMILES string of the molecule is CC(C)NNC(=O)C1CCCCC1. The molecule has 3 nitrogen and oxygen atoms in total. The van der Waals surface area contributed by atoms with Crippen molar-refractivity contribution in [2.45, 2.75) is 52.0 Å². The lowest BCUT2D eigenvalue weighted by Crippen LogP contribution is -2.44. The molecule has 0 saturated heterocycles. The Balaban J connectivity index is 2.21. The molecule has 0 aliphatic heterocycles. The summed E-state index contributed by atoms with van der Waals surface area (Å²) in [6.45, 7) is 4.03. The summed E-state index contributed by atoms with van der Waals surface area (Å²) in [5.41, 5.74) is 5.71.